The zero-order valence-corrected chi connectivity index (χ0v) is 40.8. The second kappa shape index (κ2) is 41.5. The van der Waals surface area contributed by atoms with Crippen molar-refractivity contribution in [2.45, 2.75) is 194 Å². The molecule has 1 aliphatic heterocycles. The first-order chi connectivity index (χ1) is 31.6. The van der Waals surface area contributed by atoms with Crippen molar-refractivity contribution in [3.05, 3.63) is 24.3 Å². The van der Waals surface area contributed by atoms with Crippen LogP contribution in [0.2, 0.25) is 0 Å². The molecule has 14 nitrogen and oxygen atoms in total. The SMILES string of the molecule is CCCCC/C=C\CCOC(=O)CCCCCC(=O)OCC(COC(=O)CCCCCC)(COC(=O)CCCCCC(=O)OCC/C=C\CCCCC)COC(=O)NCCN1CCCC1. The maximum Gasteiger partial charge on any atom is 0.407 e. The second-order valence-corrected chi connectivity index (χ2v) is 17.4. The molecule has 1 amide bonds. The fraction of sp³-hybridized carbons (Fsp3) is 0.804. The summed E-state index contributed by atoms with van der Waals surface area (Å²) in [7, 11) is 0. The van der Waals surface area contributed by atoms with Crippen molar-refractivity contribution in [1.29, 1.82) is 0 Å². The van der Waals surface area contributed by atoms with Gasteiger partial charge in [0.15, 0.2) is 0 Å². The molecule has 0 aromatic rings. The molecule has 0 saturated carbocycles. The van der Waals surface area contributed by atoms with Crippen molar-refractivity contribution in [1.82, 2.24) is 10.2 Å². The monoisotopic (exact) mass is 921 g/mol. The highest BCUT2D eigenvalue weighted by Crippen LogP contribution is 2.23. The predicted molar refractivity (Wildman–Crippen MR) is 253 cm³/mol. The summed E-state index contributed by atoms with van der Waals surface area (Å²) in [5.74, 6) is -2.02. The van der Waals surface area contributed by atoms with E-state index in [9.17, 15) is 28.8 Å². The quantitative estimate of drug-likeness (QED) is 0.0265. The number of carbonyl (C=O) groups is 6. The van der Waals surface area contributed by atoms with Gasteiger partial charge in [0, 0.05) is 45.2 Å². The van der Waals surface area contributed by atoms with Crippen molar-refractivity contribution in [3.63, 3.8) is 0 Å². The number of hydrogen-bond donors (Lipinski definition) is 1. The lowest BCUT2D eigenvalue weighted by Crippen LogP contribution is -2.45. The Hall–Kier alpha value is -3.94. The number of amides is 1. The Kier molecular flexibility index (Phi) is 37.7. The lowest BCUT2D eigenvalue weighted by atomic mass is 9.92. The minimum absolute atomic E-state index is 0.0759. The van der Waals surface area contributed by atoms with Crippen LogP contribution in [-0.4, -0.2) is 107 Å². The Labute approximate surface area is 392 Å². The molecule has 1 N–H and O–H groups in total. The summed E-state index contributed by atoms with van der Waals surface area (Å²) in [4.78, 5) is 78.5. The van der Waals surface area contributed by atoms with Crippen molar-refractivity contribution in [3.8, 4) is 0 Å². The number of esters is 5. The van der Waals surface area contributed by atoms with Gasteiger partial charge in [-0.3, -0.25) is 24.0 Å². The number of unbranched alkanes of at least 4 members (excludes halogenated alkanes) is 13. The number of ether oxygens (including phenoxy) is 6. The molecule has 0 aromatic carbocycles. The van der Waals surface area contributed by atoms with Crippen molar-refractivity contribution >= 4 is 35.9 Å². The summed E-state index contributed by atoms with van der Waals surface area (Å²) in [5, 5.41) is 2.76. The number of likely N-dealkylation sites (tertiary alicyclic amines) is 1. The van der Waals surface area contributed by atoms with Gasteiger partial charge in [0.1, 0.15) is 31.8 Å². The number of carbonyl (C=O) groups excluding carboxylic acids is 6. The Morgan fingerprint density at radius 3 is 1.22 bits per heavy atom. The van der Waals surface area contributed by atoms with Crippen LogP contribution in [-0.2, 0) is 52.4 Å². The van der Waals surface area contributed by atoms with E-state index in [1.807, 2.05) is 12.2 Å². The fourth-order valence-corrected chi connectivity index (χ4v) is 7.01. The van der Waals surface area contributed by atoms with Gasteiger partial charge in [-0.2, -0.15) is 0 Å². The van der Waals surface area contributed by atoms with Crippen LogP contribution in [0.1, 0.15) is 194 Å². The number of alkyl carbamates (subject to hydrolysis) is 1. The molecule has 65 heavy (non-hydrogen) atoms. The maximum atomic E-state index is 13.0. The predicted octanol–water partition coefficient (Wildman–Crippen LogP) is 10.4. The van der Waals surface area contributed by atoms with Gasteiger partial charge in [0.05, 0.1) is 13.2 Å². The van der Waals surface area contributed by atoms with Crippen LogP contribution >= 0.6 is 0 Å². The molecule has 0 radical (unpaired) electrons. The van der Waals surface area contributed by atoms with E-state index in [0.29, 0.717) is 84.1 Å². The van der Waals surface area contributed by atoms with Crippen LogP contribution in [0.3, 0.4) is 0 Å². The van der Waals surface area contributed by atoms with Crippen LogP contribution in [0.5, 0.6) is 0 Å². The second-order valence-electron chi connectivity index (χ2n) is 17.4. The van der Waals surface area contributed by atoms with Crippen LogP contribution in [0, 0.1) is 5.41 Å². The molecule has 1 fully saturated rings. The summed E-state index contributed by atoms with van der Waals surface area (Å²) in [6, 6.07) is 0. The zero-order valence-electron chi connectivity index (χ0n) is 40.8. The van der Waals surface area contributed by atoms with Crippen LogP contribution < -0.4 is 5.32 Å². The molecular formula is C51H88N2O12. The summed E-state index contributed by atoms with van der Waals surface area (Å²) >= 11 is 0. The molecule has 1 saturated heterocycles. The highest BCUT2D eigenvalue weighted by Gasteiger charge is 2.38. The van der Waals surface area contributed by atoms with Gasteiger partial charge in [-0.15, -0.1) is 0 Å². The maximum absolute atomic E-state index is 13.0. The van der Waals surface area contributed by atoms with E-state index in [2.05, 4.69) is 43.1 Å². The van der Waals surface area contributed by atoms with E-state index < -0.39 is 29.4 Å². The number of allylic oxidation sites excluding steroid dienone is 2. The third-order valence-electron chi connectivity index (χ3n) is 11.2. The van der Waals surface area contributed by atoms with Crippen LogP contribution in [0.4, 0.5) is 4.79 Å². The van der Waals surface area contributed by atoms with Crippen LogP contribution in [0.25, 0.3) is 0 Å². The molecule has 0 unspecified atom stereocenters. The molecule has 0 bridgehead atoms. The van der Waals surface area contributed by atoms with Gasteiger partial charge in [-0.1, -0.05) is 103 Å². The van der Waals surface area contributed by atoms with E-state index in [0.717, 1.165) is 58.0 Å². The minimum Gasteiger partial charge on any atom is -0.465 e. The van der Waals surface area contributed by atoms with Crippen molar-refractivity contribution in [2.75, 3.05) is 65.8 Å². The average molecular weight is 921 g/mol. The van der Waals surface area contributed by atoms with Gasteiger partial charge in [0.2, 0.25) is 0 Å². The first-order valence-electron chi connectivity index (χ1n) is 25.3. The van der Waals surface area contributed by atoms with Crippen LogP contribution in [0.15, 0.2) is 24.3 Å². The molecule has 374 valence electrons. The minimum atomic E-state index is -1.38. The van der Waals surface area contributed by atoms with Gasteiger partial charge in [-0.05, 0) is 96.6 Å². The summed E-state index contributed by atoms with van der Waals surface area (Å²) in [5.41, 5.74) is -1.38. The molecule has 1 aliphatic rings. The Morgan fingerprint density at radius 1 is 0.446 bits per heavy atom. The Balaban J connectivity index is 2.77. The third kappa shape index (κ3) is 35.9. The number of nitrogens with one attached hydrogen (secondary N) is 1. The summed E-state index contributed by atoms with van der Waals surface area (Å²) in [6.45, 7) is 8.82. The van der Waals surface area contributed by atoms with E-state index in [1.54, 1.807) is 0 Å². The normalized spacial score (nSPS) is 13.0. The first-order valence-corrected chi connectivity index (χ1v) is 25.3. The highest BCUT2D eigenvalue weighted by molar-refractivity contribution is 5.71. The molecule has 1 rings (SSSR count). The van der Waals surface area contributed by atoms with Gasteiger partial charge in [-0.25, -0.2) is 4.79 Å². The summed E-state index contributed by atoms with van der Waals surface area (Å²) < 4.78 is 33.4. The molecular weight excluding hydrogens is 833 g/mol. The van der Waals surface area contributed by atoms with Crippen molar-refractivity contribution < 1.29 is 57.2 Å². The summed E-state index contributed by atoms with van der Waals surface area (Å²) in [6.07, 6.45) is 28.2. The van der Waals surface area contributed by atoms with Gasteiger partial charge in [0.25, 0.3) is 0 Å². The molecule has 14 heteroatoms. The molecule has 0 spiro atoms. The lowest BCUT2D eigenvalue weighted by molar-refractivity contribution is -0.165. The zero-order chi connectivity index (χ0) is 47.5. The third-order valence-corrected chi connectivity index (χ3v) is 11.2. The van der Waals surface area contributed by atoms with E-state index in [4.69, 9.17) is 28.4 Å². The van der Waals surface area contributed by atoms with E-state index in [-0.39, 0.29) is 70.5 Å². The van der Waals surface area contributed by atoms with Gasteiger partial charge < -0.3 is 38.6 Å². The fourth-order valence-electron chi connectivity index (χ4n) is 7.01. The van der Waals surface area contributed by atoms with E-state index >= 15 is 0 Å². The molecule has 0 aliphatic carbocycles. The molecule has 0 aromatic heterocycles. The lowest BCUT2D eigenvalue weighted by Gasteiger charge is -2.31. The highest BCUT2D eigenvalue weighted by atomic mass is 16.6. The number of nitrogens with zero attached hydrogens (tertiary/aromatic N) is 1. The number of hydrogen-bond acceptors (Lipinski definition) is 13. The average Bonchev–Trinajstić information content (AvgIpc) is 3.82. The standard InChI is InChI=1S/C51H88N2O12/c1-4-7-10-13-15-17-28-39-60-45(54)30-22-19-24-33-48(57)63-42-51(41-62-47(56)32-21-12-9-6-3,44-65-50(59)52-35-38-53-36-26-27-37-53)43-64-49(58)34-25-20-23-31-46(55)61-40-29-18-16-14-11-8-5-2/h15-18H,4-14,19-44H2,1-3H3,(H,52,59)/b17-15-,18-16-. The molecule has 1 heterocycles. The smallest absolute Gasteiger partial charge is 0.407 e. The van der Waals surface area contributed by atoms with Gasteiger partial charge >= 0.3 is 35.9 Å². The molecule has 0 atom stereocenters. The Morgan fingerprint density at radius 2 is 0.800 bits per heavy atom. The van der Waals surface area contributed by atoms with E-state index in [1.165, 1.54) is 38.5 Å². The Bertz CT molecular complexity index is 1270. The van der Waals surface area contributed by atoms with Crippen molar-refractivity contribution in [2.24, 2.45) is 5.41 Å². The topological polar surface area (TPSA) is 173 Å². The number of rotatable bonds is 42. The largest absolute Gasteiger partial charge is 0.465 e. The first kappa shape index (κ1) is 59.1.